The fourth-order valence-corrected chi connectivity index (χ4v) is 17.0. The number of carboxylic acids is 1. The molecule has 0 amide bonds. The smallest absolute Gasteiger partial charge is 0.309 e. The molecule has 6 aliphatic heterocycles. The summed E-state index contributed by atoms with van der Waals surface area (Å²) in [4.78, 5) is 23.9. The molecule has 10 rings (SSSR count). The van der Waals surface area contributed by atoms with Gasteiger partial charge in [0.2, 0.25) is 0 Å². The van der Waals surface area contributed by atoms with Gasteiger partial charge in [0.25, 0.3) is 0 Å². The van der Waals surface area contributed by atoms with Gasteiger partial charge in [-0.3, -0.25) is 9.59 Å². The molecule has 15 N–H and O–H groups in total. The molecule has 0 bridgehead atoms. The van der Waals surface area contributed by atoms with Crippen LogP contribution < -0.4 is 0 Å². The van der Waals surface area contributed by atoms with Gasteiger partial charge in [-0.15, -0.1) is 0 Å². The highest BCUT2D eigenvalue weighted by molar-refractivity contribution is 5.74. The van der Waals surface area contributed by atoms with E-state index in [1.807, 2.05) is 0 Å². The van der Waals surface area contributed by atoms with Crippen molar-refractivity contribution in [2.24, 2.45) is 52.3 Å². The second kappa shape index (κ2) is 25.0. The molecule has 0 radical (unpaired) electrons. The van der Waals surface area contributed by atoms with Crippen molar-refractivity contribution in [3.05, 3.63) is 0 Å². The zero-order valence-electron chi connectivity index (χ0n) is 47.9. The maximum absolute atomic E-state index is 12.7. The molecule has 28 nitrogen and oxygen atoms in total. The normalized spacial score (nSPS) is 53.7. The van der Waals surface area contributed by atoms with Gasteiger partial charge in [0, 0.05) is 12.3 Å². The van der Waals surface area contributed by atoms with Crippen LogP contribution in [0.25, 0.3) is 0 Å². The first-order chi connectivity index (χ1) is 39.6. The van der Waals surface area contributed by atoms with Crippen molar-refractivity contribution >= 4 is 11.9 Å². The highest BCUT2D eigenvalue weighted by Gasteiger charge is 2.71. The summed E-state index contributed by atoms with van der Waals surface area (Å²) in [5, 5.41) is 165. The van der Waals surface area contributed by atoms with E-state index in [4.69, 9.17) is 57.2 Å². The second-order valence-corrected chi connectivity index (χ2v) is 26.9. The van der Waals surface area contributed by atoms with Crippen LogP contribution in [0.2, 0.25) is 0 Å². The minimum atomic E-state index is -2.13. The Hall–Kier alpha value is -2.02. The fraction of sp³-hybridized carbons (Fsp3) is 0.964. The van der Waals surface area contributed by atoms with Gasteiger partial charge in [-0.25, -0.2) is 0 Å². The minimum Gasteiger partial charge on any atom is -0.481 e. The van der Waals surface area contributed by atoms with E-state index in [-0.39, 0.29) is 48.0 Å². The Labute approximate surface area is 485 Å². The molecule has 10 fully saturated rings. The molecular weight excluding hydrogens is 1120 g/mol. The van der Waals surface area contributed by atoms with Gasteiger partial charge in [-0.05, 0) is 98.2 Å². The summed E-state index contributed by atoms with van der Waals surface area (Å²) in [6.07, 6.45) is -35.1. The third-order valence-corrected chi connectivity index (χ3v) is 21.4. The van der Waals surface area contributed by atoms with Gasteiger partial charge in [-0.2, -0.15) is 0 Å². The number of ether oxygens (including phenoxy) is 11. The average molecular weight is 1210 g/mol. The Kier molecular flexibility index (Phi) is 19.3. The number of carbonyl (C=O) groups excluding carboxylic acids is 1. The molecule has 0 aromatic heterocycles. The first kappa shape index (κ1) is 64.9. The second-order valence-electron chi connectivity index (χ2n) is 26.9. The molecule has 10 aliphatic rings. The van der Waals surface area contributed by atoms with E-state index in [2.05, 4.69) is 27.7 Å². The highest BCUT2D eigenvalue weighted by Crippen LogP contribution is 2.71. The predicted molar refractivity (Wildman–Crippen MR) is 276 cm³/mol. The molecule has 34 atom stereocenters. The summed E-state index contributed by atoms with van der Waals surface area (Å²) < 4.78 is 66.5. The summed E-state index contributed by atoms with van der Waals surface area (Å²) >= 11 is 0. The van der Waals surface area contributed by atoms with Crippen LogP contribution in [-0.4, -0.2) is 274 Å². The predicted octanol–water partition coefficient (Wildman–Crippen LogP) is -4.16. The van der Waals surface area contributed by atoms with Gasteiger partial charge in [0.05, 0.1) is 75.9 Å². The molecule has 28 heteroatoms. The molecule has 482 valence electrons. The van der Waals surface area contributed by atoms with Gasteiger partial charge < -0.3 is 129 Å². The van der Waals surface area contributed by atoms with Crippen molar-refractivity contribution in [1.29, 1.82) is 0 Å². The number of rotatable bonds is 16. The van der Waals surface area contributed by atoms with E-state index in [1.54, 1.807) is 0 Å². The number of carboxylic acid groups (broad SMARTS) is 1. The Balaban J connectivity index is 0.827. The average Bonchev–Trinajstić information content (AvgIpc) is 4.08. The van der Waals surface area contributed by atoms with Crippen molar-refractivity contribution < 1.29 is 138 Å². The van der Waals surface area contributed by atoms with Crippen molar-refractivity contribution in [2.45, 2.75) is 251 Å². The molecule has 84 heavy (non-hydrogen) atoms. The van der Waals surface area contributed by atoms with Crippen LogP contribution in [0.5, 0.6) is 0 Å². The first-order valence-electron chi connectivity index (χ1n) is 29.9. The third kappa shape index (κ3) is 11.9. The van der Waals surface area contributed by atoms with Gasteiger partial charge in [0.15, 0.2) is 37.1 Å². The summed E-state index contributed by atoms with van der Waals surface area (Å²) in [5.74, 6) is -1.81. The lowest BCUT2D eigenvalue weighted by molar-refractivity contribution is -0.404. The number of hydrogen-bond donors (Lipinski definition) is 15. The Morgan fingerprint density at radius 2 is 1.20 bits per heavy atom. The maximum Gasteiger partial charge on any atom is 0.309 e. The highest BCUT2D eigenvalue weighted by atomic mass is 16.8. The molecule has 1 spiro atoms. The summed E-state index contributed by atoms with van der Waals surface area (Å²) in [6, 6.07) is 0. The monoisotopic (exact) mass is 1210 g/mol. The van der Waals surface area contributed by atoms with Crippen molar-refractivity contribution in [2.75, 3.05) is 33.0 Å². The number of esters is 1. The molecular formula is C56H90O28. The van der Waals surface area contributed by atoms with E-state index < -0.39 is 203 Å². The molecule has 4 saturated carbocycles. The largest absolute Gasteiger partial charge is 0.481 e. The Bertz CT molecular complexity index is 2250. The molecule has 0 aromatic rings. The van der Waals surface area contributed by atoms with Crippen LogP contribution in [0.1, 0.15) is 98.8 Å². The number of hydrogen-bond acceptors (Lipinski definition) is 27. The van der Waals surface area contributed by atoms with Crippen LogP contribution in [0.15, 0.2) is 0 Å². The number of aliphatic hydroxyl groups excluding tert-OH is 13. The molecule has 6 saturated heterocycles. The van der Waals surface area contributed by atoms with E-state index in [0.717, 1.165) is 39.0 Å². The van der Waals surface area contributed by atoms with Crippen LogP contribution >= 0.6 is 0 Å². The van der Waals surface area contributed by atoms with Gasteiger partial charge in [-0.1, -0.05) is 27.7 Å². The summed E-state index contributed by atoms with van der Waals surface area (Å²) in [6.45, 7) is 7.24. The zero-order chi connectivity index (χ0) is 60.9. The van der Waals surface area contributed by atoms with E-state index in [1.165, 1.54) is 0 Å². The lowest BCUT2D eigenvalue weighted by Gasteiger charge is -2.63. The number of aliphatic carboxylic acids is 1. The van der Waals surface area contributed by atoms with Gasteiger partial charge >= 0.3 is 11.9 Å². The maximum atomic E-state index is 12.7. The molecule has 0 aromatic carbocycles. The Morgan fingerprint density at radius 1 is 0.583 bits per heavy atom. The third-order valence-electron chi connectivity index (χ3n) is 21.4. The van der Waals surface area contributed by atoms with Crippen LogP contribution in [-0.2, 0) is 61.7 Å². The standard InChI is InChI=1S/C56H90O28/c1-21-6-9-56(75-19-21)22(2)37-30(84-56)11-25-23-10-27(60)26-12-29(28(61)13-55(26,5)24(23)7-8-54(25,37)4)77-50-45(72)42(69)46(33(18-59)80-50)81-52-48(83-51-44(71)41(68)38(65)31(16-57)78-51)47(40(67)32(17-58)79-52)82-49-43(70)39(66)34(20-74-49)76-36(64)15-53(3,73)14-35(62)63/h21-34,37-52,57-61,65-73H,6-20H2,1-5H3,(H,62,63)/t21-,22-,23+,24-,25-,26+,27+,28+,29+,30-,31+,32+,33+,34+,37-,38+,39-,40+,41-,42+,43+,44+,45+,46-,47-,48+,49-,50+,51-,52-,53-,54-,55+,56+/m0/s1. The lowest BCUT2D eigenvalue weighted by atomic mass is 9.43. The van der Waals surface area contributed by atoms with E-state index in [0.29, 0.717) is 30.8 Å². The van der Waals surface area contributed by atoms with Gasteiger partial charge in [0.1, 0.15) is 85.5 Å². The fourth-order valence-electron chi connectivity index (χ4n) is 17.0. The van der Waals surface area contributed by atoms with Crippen molar-refractivity contribution in [1.82, 2.24) is 0 Å². The Morgan fingerprint density at radius 3 is 1.87 bits per heavy atom. The zero-order valence-corrected chi connectivity index (χ0v) is 47.9. The number of carbonyl (C=O) groups is 2. The SMILES string of the molecule is C[C@H]1CC[C@@]2(OC1)O[C@H]1C[C@H]3[C@@H]4C[C@@H](O)[C@H]5C[C@@H](O[C@@H]6O[C@H](CO)[C@H](O[C@@H]7O[C@H](CO)[C@@H](O)[C@H](O[C@@H]8OC[C@@H](OC(=O)C[C@@](C)(O)CC(=O)O)[C@H](O)[C@H]8O)[C@H]7O[C@@H]7O[C@H](CO)[C@@H](O)[C@H](O)[C@H]7O)[C@H](O)[C@H]6O)[C@H](O)C[C@]5(C)[C@H]4CC[C@]3(C)[C@H]1[C@@H]2C. The number of aliphatic hydroxyl groups is 14. The molecule has 0 unspecified atom stereocenters. The van der Waals surface area contributed by atoms with Crippen LogP contribution in [0.4, 0.5) is 0 Å². The van der Waals surface area contributed by atoms with E-state index in [9.17, 15) is 81.1 Å². The van der Waals surface area contributed by atoms with Crippen molar-refractivity contribution in [3.63, 3.8) is 0 Å². The molecule has 6 heterocycles. The summed E-state index contributed by atoms with van der Waals surface area (Å²) in [5.41, 5.74) is -2.58. The van der Waals surface area contributed by atoms with Crippen LogP contribution in [0, 0.1) is 52.3 Å². The van der Waals surface area contributed by atoms with E-state index >= 15 is 0 Å². The lowest BCUT2D eigenvalue weighted by Crippen LogP contribution is -2.68. The topological polar surface area (TPSA) is 439 Å². The first-order valence-corrected chi connectivity index (χ1v) is 29.9. The minimum absolute atomic E-state index is 0.0215. The quantitative estimate of drug-likeness (QED) is 0.0515. The van der Waals surface area contributed by atoms with Crippen molar-refractivity contribution in [3.8, 4) is 0 Å². The number of fused-ring (bicyclic) bond motifs is 7. The summed E-state index contributed by atoms with van der Waals surface area (Å²) in [7, 11) is 0. The van der Waals surface area contributed by atoms with Crippen LogP contribution in [0.3, 0.4) is 0 Å². The molecule has 4 aliphatic carbocycles.